The first-order chi connectivity index (χ1) is 12.6. The molecular weight excluding hydrogens is 330 g/mol. The molecule has 26 heavy (non-hydrogen) atoms. The molecule has 140 valence electrons. The Balaban J connectivity index is 1.48. The Morgan fingerprint density at radius 1 is 1.27 bits per heavy atom. The number of para-hydroxylation sites is 1. The molecule has 2 bridgehead atoms. The van der Waals surface area contributed by atoms with Crippen LogP contribution in [0.3, 0.4) is 0 Å². The lowest BCUT2D eigenvalue weighted by atomic mass is 9.76. The monoisotopic (exact) mass is 357 g/mol. The summed E-state index contributed by atoms with van der Waals surface area (Å²) in [5, 5.41) is 3.05. The number of hydrogen-bond donors (Lipinski definition) is 1. The van der Waals surface area contributed by atoms with Crippen LogP contribution in [-0.4, -0.2) is 54.5 Å². The number of urea groups is 1. The highest BCUT2D eigenvalue weighted by Crippen LogP contribution is 2.38. The van der Waals surface area contributed by atoms with Crippen LogP contribution in [0.25, 0.3) is 0 Å². The number of carbonyl (C=O) groups is 2. The molecular formula is C20H27N3O3. The summed E-state index contributed by atoms with van der Waals surface area (Å²) >= 11 is 0. The second-order valence-electron chi connectivity index (χ2n) is 7.85. The summed E-state index contributed by atoms with van der Waals surface area (Å²) in [6.45, 7) is 4.21. The predicted octanol–water partition coefficient (Wildman–Crippen LogP) is 2.87. The van der Waals surface area contributed by atoms with Crippen LogP contribution in [-0.2, 0) is 4.79 Å². The normalized spacial score (nSPS) is 27.8. The number of fused-ring (bicyclic) bond motifs is 4. The summed E-state index contributed by atoms with van der Waals surface area (Å²) in [5.74, 6) is 1.77. The third-order valence-electron chi connectivity index (χ3n) is 6.15. The average molecular weight is 357 g/mol. The Hall–Kier alpha value is -2.24. The summed E-state index contributed by atoms with van der Waals surface area (Å²) in [4.78, 5) is 29.2. The van der Waals surface area contributed by atoms with E-state index in [4.69, 9.17) is 4.74 Å². The average Bonchev–Trinajstić information content (AvgIpc) is 2.64. The van der Waals surface area contributed by atoms with E-state index >= 15 is 0 Å². The molecule has 3 fully saturated rings. The number of nitrogens with one attached hydrogen (secondary N) is 1. The summed E-state index contributed by atoms with van der Waals surface area (Å²) in [5.41, 5.74) is 1.73. The fraction of sp³-hybridized carbons (Fsp3) is 0.600. The van der Waals surface area contributed by atoms with Crippen molar-refractivity contribution in [3.8, 4) is 5.75 Å². The number of carbonyl (C=O) groups excluding carboxylic acids is 2. The highest BCUT2D eigenvalue weighted by molar-refractivity contribution is 5.92. The number of benzene rings is 1. The van der Waals surface area contributed by atoms with Gasteiger partial charge >= 0.3 is 6.03 Å². The molecule has 0 radical (unpaired) electrons. The summed E-state index contributed by atoms with van der Waals surface area (Å²) in [7, 11) is 1.62. The zero-order chi connectivity index (χ0) is 18.3. The van der Waals surface area contributed by atoms with Crippen molar-refractivity contribution in [2.24, 2.45) is 11.8 Å². The number of aryl methyl sites for hydroxylation is 1. The van der Waals surface area contributed by atoms with E-state index in [1.54, 1.807) is 7.11 Å². The van der Waals surface area contributed by atoms with E-state index in [9.17, 15) is 9.59 Å². The minimum atomic E-state index is -0.0668. The number of piperidine rings is 3. The van der Waals surface area contributed by atoms with Gasteiger partial charge in [0.15, 0.2) is 0 Å². The van der Waals surface area contributed by atoms with Crippen LogP contribution in [0, 0.1) is 18.8 Å². The van der Waals surface area contributed by atoms with Crippen molar-refractivity contribution < 1.29 is 14.3 Å². The molecule has 3 aliphatic rings. The molecule has 6 nitrogen and oxygen atoms in total. The number of amides is 3. The van der Waals surface area contributed by atoms with E-state index in [0.717, 1.165) is 43.6 Å². The molecule has 0 aromatic heterocycles. The van der Waals surface area contributed by atoms with Crippen LogP contribution in [0.4, 0.5) is 10.5 Å². The van der Waals surface area contributed by atoms with Gasteiger partial charge in [-0.1, -0.05) is 12.1 Å². The maximum absolute atomic E-state index is 12.9. The second kappa shape index (κ2) is 6.82. The minimum Gasteiger partial charge on any atom is -0.495 e. The number of rotatable bonds is 2. The van der Waals surface area contributed by atoms with Gasteiger partial charge in [-0.25, -0.2) is 4.79 Å². The van der Waals surface area contributed by atoms with Crippen molar-refractivity contribution in [1.82, 2.24) is 9.80 Å². The van der Waals surface area contributed by atoms with Crippen molar-refractivity contribution in [3.05, 3.63) is 23.8 Å². The lowest BCUT2D eigenvalue weighted by Crippen LogP contribution is -2.61. The van der Waals surface area contributed by atoms with Gasteiger partial charge in [-0.05, 0) is 49.7 Å². The van der Waals surface area contributed by atoms with Crippen LogP contribution >= 0.6 is 0 Å². The predicted molar refractivity (Wildman–Crippen MR) is 99.3 cm³/mol. The topological polar surface area (TPSA) is 61.9 Å². The molecule has 3 atom stereocenters. The molecule has 3 heterocycles. The maximum atomic E-state index is 12.9. The van der Waals surface area contributed by atoms with Crippen LogP contribution in [0.5, 0.6) is 5.75 Å². The van der Waals surface area contributed by atoms with Gasteiger partial charge < -0.3 is 19.9 Å². The number of methoxy groups -OCH3 is 1. The van der Waals surface area contributed by atoms with Gasteiger partial charge in [-0.2, -0.15) is 0 Å². The summed E-state index contributed by atoms with van der Waals surface area (Å²) in [6, 6.07) is 6.00. The van der Waals surface area contributed by atoms with E-state index in [1.807, 2.05) is 30.0 Å². The summed E-state index contributed by atoms with van der Waals surface area (Å²) in [6.07, 6.45) is 3.87. The molecule has 0 saturated carbocycles. The molecule has 0 spiro atoms. The van der Waals surface area contributed by atoms with Crippen LogP contribution in [0.1, 0.15) is 31.2 Å². The molecule has 0 unspecified atom stereocenters. The number of likely N-dealkylation sites (tertiary alicyclic amines) is 1. The van der Waals surface area contributed by atoms with Crippen LogP contribution in [0.15, 0.2) is 18.2 Å². The molecule has 6 heteroatoms. The Bertz CT molecular complexity index is 720. The highest BCUT2D eigenvalue weighted by Gasteiger charge is 2.44. The van der Waals surface area contributed by atoms with E-state index < -0.39 is 0 Å². The fourth-order valence-electron chi connectivity index (χ4n) is 4.93. The van der Waals surface area contributed by atoms with Gasteiger partial charge in [0.2, 0.25) is 5.91 Å². The first-order valence-corrected chi connectivity index (χ1v) is 9.56. The van der Waals surface area contributed by atoms with Crippen molar-refractivity contribution in [2.75, 3.05) is 32.1 Å². The van der Waals surface area contributed by atoms with Gasteiger partial charge in [0.25, 0.3) is 0 Å². The minimum absolute atomic E-state index is 0.0668. The Morgan fingerprint density at radius 3 is 2.92 bits per heavy atom. The standard InChI is InChI=1S/C20H27N3O3/c1-13-5-3-7-17(26-2)19(13)21-20(25)22-10-14-9-15(12-22)16-6-4-8-18(24)23(16)11-14/h3,5,7,14-16H,4,6,8-12H2,1-2H3,(H,21,25)/t14-,15+,16+/m1/s1. The molecule has 3 aliphatic heterocycles. The fourth-order valence-corrected chi connectivity index (χ4v) is 4.93. The van der Waals surface area contributed by atoms with E-state index in [2.05, 4.69) is 10.2 Å². The third kappa shape index (κ3) is 3.02. The van der Waals surface area contributed by atoms with E-state index in [0.29, 0.717) is 42.5 Å². The second-order valence-corrected chi connectivity index (χ2v) is 7.85. The van der Waals surface area contributed by atoms with Crippen LogP contribution in [0.2, 0.25) is 0 Å². The largest absolute Gasteiger partial charge is 0.495 e. The zero-order valence-electron chi connectivity index (χ0n) is 15.5. The Kier molecular flexibility index (Phi) is 4.51. The Morgan fingerprint density at radius 2 is 2.12 bits per heavy atom. The molecule has 1 N–H and O–H groups in total. The van der Waals surface area contributed by atoms with Crippen LogP contribution < -0.4 is 10.1 Å². The highest BCUT2D eigenvalue weighted by atomic mass is 16.5. The van der Waals surface area contributed by atoms with Gasteiger partial charge in [0, 0.05) is 32.1 Å². The first-order valence-electron chi connectivity index (χ1n) is 9.56. The number of hydrogen-bond acceptors (Lipinski definition) is 3. The van der Waals surface area contributed by atoms with Gasteiger partial charge in [0.05, 0.1) is 12.8 Å². The van der Waals surface area contributed by atoms with Crippen molar-refractivity contribution in [1.29, 1.82) is 0 Å². The molecule has 3 saturated heterocycles. The molecule has 0 aliphatic carbocycles. The zero-order valence-corrected chi connectivity index (χ0v) is 15.5. The lowest BCUT2D eigenvalue weighted by molar-refractivity contribution is -0.144. The number of ether oxygens (including phenoxy) is 1. The SMILES string of the molecule is COc1cccc(C)c1NC(=O)N1C[C@H]2C[C@@H](C1)[C@@H]1CCCC(=O)N1C2. The molecule has 1 aromatic rings. The van der Waals surface area contributed by atoms with Crippen molar-refractivity contribution in [2.45, 2.75) is 38.6 Å². The quantitative estimate of drug-likeness (QED) is 0.885. The van der Waals surface area contributed by atoms with Crippen molar-refractivity contribution in [3.63, 3.8) is 0 Å². The number of nitrogens with zero attached hydrogens (tertiary/aromatic N) is 2. The van der Waals surface area contributed by atoms with E-state index in [-0.39, 0.29) is 6.03 Å². The molecule has 4 rings (SSSR count). The van der Waals surface area contributed by atoms with Crippen molar-refractivity contribution >= 4 is 17.6 Å². The molecule has 3 amide bonds. The third-order valence-corrected chi connectivity index (χ3v) is 6.15. The smallest absolute Gasteiger partial charge is 0.321 e. The first kappa shape index (κ1) is 17.2. The maximum Gasteiger partial charge on any atom is 0.321 e. The lowest BCUT2D eigenvalue weighted by Gasteiger charge is -2.52. The van der Waals surface area contributed by atoms with Gasteiger partial charge in [-0.3, -0.25) is 4.79 Å². The van der Waals surface area contributed by atoms with Gasteiger partial charge in [0.1, 0.15) is 5.75 Å². The molecule has 1 aromatic carbocycles. The van der Waals surface area contributed by atoms with E-state index in [1.165, 1.54) is 0 Å². The van der Waals surface area contributed by atoms with Gasteiger partial charge in [-0.15, -0.1) is 0 Å². The summed E-state index contributed by atoms with van der Waals surface area (Å²) < 4.78 is 5.39. The number of anilines is 1. The Labute approximate surface area is 154 Å².